The summed E-state index contributed by atoms with van der Waals surface area (Å²) >= 11 is 0. The molecule has 0 heterocycles. The van der Waals surface area contributed by atoms with E-state index in [-0.39, 0.29) is 110 Å². The second-order valence-electron chi connectivity index (χ2n) is 2.99. The predicted octanol–water partition coefficient (Wildman–Crippen LogP) is -13.8. The summed E-state index contributed by atoms with van der Waals surface area (Å²) < 4.78 is 0. The Bertz CT molecular complexity index is 377. The molecule has 0 saturated carbocycles. The smallest absolute Gasteiger partial charge is 0.652 e. The molecule has 13 nitrogen and oxygen atoms in total. The summed E-state index contributed by atoms with van der Waals surface area (Å²) in [5.74, 6) is -5.02. The van der Waals surface area contributed by atoms with Gasteiger partial charge in [-0.3, -0.25) is 9.59 Å². The molecule has 0 radical (unpaired) electrons. The minimum Gasteiger partial charge on any atom is -0.652 e. The van der Waals surface area contributed by atoms with E-state index < -0.39 is 48.7 Å². The van der Waals surface area contributed by atoms with Crippen molar-refractivity contribution in [2.75, 3.05) is 0 Å². The number of carboxylic acids is 3. The van der Waals surface area contributed by atoms with Crippen LogP contribution >= 0.6 is 0 Å². The SMILES string of the molecule is O=C(O)CC(O)(CC(=O)O)C(=O)O.O=C([O-])O.O=C([O-])[O-].[K+].[Na+].[Na+]. The first-order valence-corrected chi connectivity index (χ1v) is 4.42. The molecule has 0 aromatic rings. The van der Waals surface area contributed by atoms with Crippen LogP contribution < -0.4 is 126 Å². The molecule has 24 heavy (non-hydrogen) atoms. The van der Waals surface area contributed by atoms with E-state index >= 15 is 0 Å². The molecule has 0 aliphatic rings. The molecule has 5 N–H and O–H groups in total. The van der Waals surface area contributed by atoms with E-state index in [1.54, 1.807) is 0 Å². The van der Waals surface area contributed by atoms with Gasteiger partial charge < -0.3 is 50.4 Å². The molecule has 16 heteroatoms. The van der Waals surface area contributed by atoms with Crippen LogP contribution in [0.5, 0.6) is 0 Å². The first-order valence-electron chi connectivity index (χ1n) is 4.42. The Morgan fingerprint density at radius 1 is 0.750 bits per heavy atom. The Kier molecular flexibility index (Phi) is 35.6. The maximum Gasteiger partial charge on any atom is 1.00 e. The summed E-state index contributed by atoms with van der Waals surface area (Å²) in [6, 6.07) is 0. The van der Waals surface area contributed by atoms with Gasteiger partial charge in [0, 0.05) is 0 Å². The van der Waals surface area contributed by atoms with E-state index in [9.17, 15) is 14.4 Å². The minimum absolute atomic E-state index is 0. The molecular formula is C8H9KNa2O13. The summed E-state index contributed by atoms with van der Waals surface area (Å²) in [5, 5.41) is 65.8. The van der Waals surface area contributed by atoms with Gasteiger partial charge in [0.25, 0.3) is 0 Å². The van der Waals surface area contributed by atoms with Gasteiger partial charge in [-0.05, 0) is 6.16 Å². The van der Waals surface area contributed by atoms with E-state index in [4.69, 9.17) is 50.4 Å². The summed E-state index contributed by atoms with van der Waals surface area (Å²) in [7, 11) is 0. The normalized spacial score (nSPS) is 7.88. The molecule has 0 amide bonds. The maximum absolute atomic E-state index is 10.3. The third kappa shape index (κ3) is 38.2. The number of aliphatic carboxylic acids is 3. The predicted molar refractivity (Wildman–Crippen MR) is 50.5 cm³/mol. The van der Waals surface area contributed by atoms with Crippen LogP contribution in [0.4, 0.5) is 9.59 Å². The van der Waals surface area contributed by atoms with E-state index in [0.717, 1.165) is 0 Å². The molecule has 0 aromatic heterocycles. The number of aliphatic hydroxyl groups is 1. The van der Waals surface area contributed by atoms with E-state index in [2.05, 4.69) is 0 Å². The van der Waals surface area contributed by atoms with Crippen LogP contribution in [0.25, 0.3) is 0 Å². The van der Waals surface area contributed by atoms with E-state index in [1.165, 1.54) is 0 Å². The largest absolute Gasteiger partial charge is 1.00 e. The minimum atomic E-state index is -2.74. The van der Waals surface area contributed by atoms with E-state index in [1.807, 2.05) is 0 Å². The summed E-state index contributed by atoms with van der Waals surface area (Å²) in [6.07, 6.45) is -6.71. The van der Waals surface area contributed by atoms with Gasteiger partial charge in [0.2, 0.25) is 6.16 Å². The summed E-state index contributed by atoms with van der Waals surface area (Å²) in [6.45, 7) is 0. The molecule has 0 atom stereocenters. The van der Waals surface area contributed by atoms with Crippen LogP contribution in [0, 0.1) is 0 Å². The molecule has 0 aliphatic heterocycles. The van der Waals surface area contributed by atoms with Gasteiger partial charge in [0.1, 0.15) is 0 Å². The van der Waals surface area contributed by atoms with Crippen molar-refractivity contribution in [1.29, 1.82) is 0 Å². The van der Waals surface area contributed by atoms with Crippen LogP contribution in [0.1, 0.15) is 12.8 Å². The zero-order valence-corrected chi connectivity index (χ0v) is 20.0. The Morgan fingerprint density at radius 2 is 0.917 bits per heavy atom. The van der Waals surface area contributed by atoms with Crippen LogP contribution in [-0.2, 0) is 14.4 Å². The molecule has 0 saturated heterocycles. The quantitative estimate of drug-likeness (QED) is 0.270. The van der Waals surface area contributed by atoms with Crippen molar-refractivity contribution < 1.29 is 175 Å². The van der Waals surface area contributed by atoms with Gasteiger partial charge in [0.15, 0.2) is 5.60 Å². The van der Waals surface area contributed by atoms with Gasteiger partial charge in [-0.15, -0.1) is 0 Å². The van der Waals surface area contributed by atoms with Crippen molar-refractivity contribution in [3.05, 3.63) is 0 Å². The average Bonchev–Trinajstić information content (AvgIpc) is 2.11. The van der Waals surface area contributed by atoms with E-state index in [0.29, 0.717) is 0 Å². The Hall–Kier alpha value is 0.546. The Balaban J connectivity index is -0.0000000626. The third-order valence-corrected chi connectivity index (χ3v) is 1.29. The fraction of sp³-hybridized carbons (Fsp3) is 0.375. The van der Waals surface area contributed by atoms with Crippen LogP contribution in [0.3, 0.4) is 0 Å². The number of carbonyl (C=O) groups excluding carboxylic acids is 1. The molecule has 0 bridgehead atoms. The van der Waals surface area contributed by atoms with Gasteiger partial charge in [0.05, 0.1) is 12.8 Å². The van der Waals surface area contributed by atoms with Crippen molar-refractivity contribution in [2.24, 2.45) is 0 Å². The number of carboxylic acid groups (broad SMARTS) is 7. The van der Waals surface area contributed by atoms with Gasteiger partial charge in [-0.25, -0.2) is 4.79 Å². The second kappa shape index (κ2) is 21.6. The third-order valence-electron chi connectivity index (χ3n) is 1.29. The Morgan fingerprint density at radius 3 is 1.00 bits per heavy atom. The molecule has 0 spiro atoms. The Labute approximate surface area is 220 Å². The second-order valence-corrected chi connectivity index (χ2v) is 2.99. The summed E-state index contributed by atoms with van der Waals surface area (Å²) in [4.78, 5) is 47.3. The number of hydrogen-bond acceptors (Lipinski definition) is 9. The fourth-order valence-corrected chi connectivity index (χ4v) is 0.714. The van der Waals surface area contributed by atoms with Crippen LogP contribution in [0.2, 0.25) is 0 Å². The van der Waals surface area contributed by atoms with Gasteiger partial charge in [-0.2, -0.15) is 0 Å². The zero-order chi connectivity index (χ0) is 17.8. The molecule has 0 aromatic carbocycles. The first-order chi connectivity index (χ1) is 9.24. The molecule has 0 rings (SSSR count). The molecule has 122 valence electrons. The fourth-order valence-electron chi connectivity index (χ4n) is 0.714. The van der Waals surface area contributed by atoms with Crippen molar-refractivity contribution in [3.8, 4) is 0 Å². The average molecular weight is 398 g/mol. The van der Waals surface area contributed by atoms with Crippen molar-refractivity contribution >= 4 is 30.2 Å². The van der Waals surface area contributed by atoms with Crippen molar-refractivity contribution in [2.45, 2.75) is 18.4 Å². The molecule has 0 fully saturated rings. The molecule has 0 unspecified atom stereocenters. The first kappa shape index (κ1) is 39.6. The van der Waals surface area contributed by atoms with Crippen LogP contribution in [0.15, 0.2) is 0 Å². The van der Waals surface area contributed by atoms with Gasteiger partial charge in [-0.1, -0.05) is 0 Å². The van der Waals surface area contributed by atoms with Crippen molar-refractivity contribution in [3.63, 3.8) is 0 Å². The van der Waals surface area contributed by atoms with Crippen LogP contribution in [-0.4, -0.2) is 61.4 Å². The molecule has 0 aliphatic carbocycles. The maximum atomic E-state index is 10.3. The standard InChI is InChI=1S/C6H8O7.2CH2O3.K.2Na/c7-3(8)1-6(13,5(11)12)2-4(9)10;2*2-1(3)4;;;/h13H,1-2H2,(H,7,8)(H,9,10)(H,11,12);2*(H2,2,3,4);;;/q;;;3*+1/p-3. The number of carbonyl (C=O) groups is 5. The number of rotatable bonds is 5. The zero-order valence-electron chi connectivity index (χ0n) is 12.9. The molecular weight excluding hydrogens is 389 g/mol. The topological polar surface area (TPSA) is 256 Å². The van der Waals surface area contributed by atoms with Gasteiger partial charge >= 0.3 is 128 Å². The number of hydrogen-bond donors (Lipinski definition) is 5. The monoisotopic (exact) mass is 398 g/mol. The van der Waals surface area contributed by atoms with Crippen molar-refractivity contribution in [1.82, 2.24) is 0 Å². The summed E-state index contributed by atoms with van der Waals surface area (Å²) in [5.41, 5.74) is -2.74.